The largest absolute Gasteiger partial charge is 0.491 e. The van der Waals surface area contributed by atoms with Gasteiger partial charge in [-0.25, -0.2) is 4.79 Å². The maximum Gasteiger partial charge on any atom is 0.341 e. The standard InChI is InChI=1S/C10H14O.C5H4O3/c1-8(2)11-10-6-4-9(3)5-7-10;1-3-4(6)2-8-5(3)7/h4-8H,1-3H3;1-2H2. The Morgan fingerprint density at radius 3 is 2.11 bits per heavy atom. The van der Waals surface area contributed by atoms with E-state index >= 15 is 0 Å². The van der Waals surface area contributed by atoms with Gasteiger partial charge in [-0.1, -0.05) is 24.3 Å². The summed E-state index contributed by atoms with van der Waals surface area (Å²) in [5.74, 6) is 0.0515. The minimum atomic E-state index is -0.588. The number of ether oxygens (including phenoxy) is 2. The number of ketones is 1. The van der Waals surface area contributed by atoms with Crippen LogP contribution in [0.1, 0.15) is 19.4 Å². The van der Waals surface area contributed by atoms with E-state index in [1.165, 1.54) is 5.56 Å². The molecule has 1 aliphatic heterocycles. The fraction of sp³-hybridized carbons (Fsp3) is 0.333. The van der Waals surface area contributed by atoms with Gasteiger partial charge in [0.05, 0.1) is 11.7 Å². The molecule has 1 heterocycles. The first kappa shape index (κ1) is 15.0. The number of carbonyl (C=O) groups excluding carboxylic acids is 2. The number of rotatable bonds is 2. The fourth-order valence-electron chi connectivity index (χ4n) is 1.31. The van der Waals surface area contributed by atoms with Gasteiger partial charge < -0.3 is 9.47 Å². The van der Waals surface area contributed by atoms with Crippen molar-refractivity contribution >= 4 is 11.8 Å². The van der Waals surface area contributed by atoms with Crippen LogP contribution in [0.15, 0.2) is 36.4 Å². The summed E-state index contributed by atoms with van der Waals surface area (Å²) in [4.78, 5) is 20.6. The normalized spacial score (nSPS) is 14.0. The first-order valence-corrected chi connectivity index (χ1v) is 6.02. The Hall–Kier alpha value is -2.10. The van der Waals surface area contributed by atoms with Crippen LogP contribution < -0.4 is 4.74 Å². The first-order valence-electron chi connectivity index (χ1n) is 6.02. The molecule has 1 saturated heterocycles. The number of esters is 1. The maximum absolute atomic E-state index is 10.3. The second-order valence-corrected chi connectivity index (χ2v) is 4.46. The fourth-order valence-corrected chi connectivity index (χ4v) is 1.31. The summed E-state index contributed by atoms with van der Waals surface area (Å²) in [6.07, 6.45) is 0.262. The Labute approximate surface area is 113 Å². The summed E-state index contributed by atoms with van der Waals surface area (Å²) in [6, 6.07) is 8.10. The third-order valence-electron chi connectivity index (χ3n) is 2.31. The van der Waals surface area contributed by atoms with Crippen molar-refractivity contribution in [3.63, 3.8) is 0 Å². The van der Waals surface area contributed by atoms with E-state index in [4.69, 9.17) is 4.74 Å². The highest BCUT2D eigenvalue weighted by Gasteiger charge is 2.25. The average molecular weight is 262 g/mol. The van der Waals surface area contributed by atoms with Gasteiger partial charge in [0.25, 0.3) is 0 Å². The van der Waals surface area contributed by atoms with Crippen LogP contribution in [0.5, 0.6) is 5.75 Å². The van der Waals surface area contributed by atoms with Gasteiger partial charge in [0.2, 0.25) is 5.78 Å². The Morgan fingerprint density at radius 1 is 1.21 bits per heavy atom. The molecule has 0 unspecified atom stereocenters. The number of hydrogen-bond acceptors (Lipinski definition) is 4. The lowest BCUT2D eigenvalue weighted by Gasteiger charge is -2.08. The molecule has 1 fully saturated rings. The molecular weight excluding hydrogens is 244 g/mol. The lowest BCUT2D eigenvalue weighted by molar-refractivity contribution is -0.135. The molecule has 0 radical (unpaired) electrons. The summed E-state index contributed by atoms with van der Waals surface area (Å²) in [6.45, 7) is 9.19. The van der Waals surface area contributed by atoms with Crippen molar-refractivity contribution in [3.05, 3.63) is 42.0 Å². The van der Waals surface area contributed by atoms with Crippen molar-refractivity contribution in [1.82, 2.24) is 0 Å². The van der Waals surface area contributed by atoms with E-state index < -0.39 is 5.97 Å². The molecule has 4 nitrogen and oxygen atoms in total. The second kappa shape index (κ2) is 6.73. The van der Waals surface area contributed by atoms with Crippen LogP contribution in [0.4, 0.5) is 0 Å². The van der Waals surface area contributed by atoms with Gasteiger partial charge in [0.1, 0.15) is 5.75 Å². The van der Waals surface area contributed by atoms with Gasteiger partial charge in [-0.05, 0) is 32.9 Å². The molecule has 19 heavy (non-hydrogen) atoms. The van der Waals surface area contributed by atoms with Crippen molar-refractivity contribution in [2.75, 3.05) is 6.61 Å². The molecule has 102 valence electrons. The van der Waals surface area contributed by atoms with Gasteiger partial charge in [0, 0.05) is 0 Å². The van der Waals surface area contributed by atoms with Crippen molar-refractivity contribution < 1.29 is 19.1 Å². The molecular formula is C15H18O4. The third-order valence-corrected chi connectivity index (χ3v) is 2.31. The molecule has 0 bridgehead atoms. The highest BCUT2D eigenvalue weighted by atomic mass is 16.5. The Balaban J connectivity index is 0.000000200. The number of carbonyl (C=O) groups is 2. The van der Waals surface area contributed by atoms with Crippen LogP contribution >= 0.6 is 0 Å². The minimum absolute atomic E-state index is 0.0370. The molecule has 0 saturated carbocycles. The molecule has 0 amide bonds. The molecule has 4 heteroatoms. The van der Waals surface area contributed by atoms with E-state index in [1.54, 1.807) is 0 Å². The highest BCUT2D eigenvalue weighted by Crippen LogP contribution is 2.12. The minimum Gasteiger partial charge on any atom is -0.491 e. The number of cyclic esters (lactones) is 1. The van der Waals surface area contributed by atoms with E-state index in [0.29, 0.717) is 0 Å². The number of aryl methyl sites for hydroxylation is 1. The van der Waals surface area contributed by atoms with Gasteiger partial charge in [-0.2, -0.15) is 0 Å². The number of hydrogen-bond donors (Lipinski definition) is 0. The van der Waals surface area contributed by atoms with Crippen molar-refractivity contribution in [2.45, 2.75) is 26.9 Å². The number of benzene rings is 1. The number of Topliss-reactive ketones (excluding diaryl/α,β-unsaturated/α-hetero) is 1. The molecule has 1 aromatic carbocycles. The van der Waals surface area contributed by atoms with E-state index in [-0.39, 0.29) is 24.1 Å². The average Bonchev–Trinajstić information content (AvgIpc) is 2.64. The van der Waals surface area contributed by atoms with Crippen LogP contribution in [-0.2, 0) is 14.3 Å². The molecule has 1 aromatic rings. The van der Waals surface area contributed by atoms with Crippen molar-refractivity contribution in [2.24, 2.45) is 0 Å². The molecule has 2 rings (SSSR count). The summed E-state index contributed by atoms with van der Waals surface area (Å²) in [5, 5.41) is 0. The lowest BCUT2D eigenvalue weighted by atomic mass is 10.2. The molecule has 0 aromatic heterocycles. The van der Waals surface area contributed by atoms with Crippen LogP contribution in [-0.4, -0.2) is 24.5 Å². The first-order chi connectivity index (χ1) is 8.90. The van der Waals surface area contributed by atoms with Crippen LogP contribution in [0, 0.1) is 6.92 Å². The van der Waals surface area contributed by atoms with Crippen molar-refractivity contribution in [3.8, 4) is 5.75 Å². The van der Waals surface area contributed by atoms with Crippen LogP contribution in [0.25, 0.3) is 0 Å². The predicted octanol–water partition coefficient (Wildman–Crippen LogP) is 2.45. The van der Waals surface area contributed by atoms with Gasteiger partial charge in [-0.15, -0.1) is 0 Å². The molecule has 0 aliphatic carbocycles. The van der Waals surface area contributed by atoms with Gasteiger partial charge >= 0.3 is 5.97 Å². The predicted molar refractivity (Wildman–Crippen MR) is 72.0 cm³/mol. The van der Waals surface area contributed by atoms with E-state index in [2.05, 4.69) is 30.4 Å². The topological polar surface area (TPSA) is 52.6 Å². The zero-order valence-electron chi connectivity index (χ0n) is 11.4. The Bertz CT molecular complexity index is 453. The zero-order chi connectivity index (χ0) is 14.4. The summed E-state index contributed by atoms with van der Waals surface area (Å²) in [7, 11) is 0. The van der Waals surface area contributed by atoms with Crippen LogP contribution in [0.3, 0.4) is 0 Å². The summed E-state index contributed by atoms with van der Waals surface area (Å²) in [5.41, 5.74) is 1.23. The molecule has 1 aliphatic rings. The molecule has 0 spiro atoms. The summed E-state index contributed by atoms with van der Waals surface area (Å²) < 4.78 is 9.76. The molecule has 0 atom stereocenters. The van der Waals surface area contributed by atoms with E-state index in [1.807, 2.05) is 26.0 Å². The molecule has 0 N–H and O–H groups in total. The quantitative estimate of drug-likeness (QED) is 0.466. The highest BCUT2D eigenvalue weighted by molar-refractivity contribution is 6.21. The third kappa shape index (κ3) is 4.95. The smallest absolute Gasteiger partial charge is 0.341 e. The van der Waals surface area contributed by atoms with Crippen molar-refractivity contribution in [1.29, 1.82) is 0 Å². The van der Waals surface area contributed by atoms with Gasteiger partial charge in [0.15, 0.2) is 6.61 Å². The van der Waals surface area contributed by atoms with E-state index in [9.17, 15) is 9.59 Å². The maximum atomic E-state index is 10.3. The Kier molecular flexibility index (Phi) is 5.30. The van der Waals surface area contributed by atoms with E-state index in [0.717, 1.165) is 5.75 Å². The SMILES string of the molecule is C=C1C(=O)COC1=O.Cc1ccc(OC(C)C)cc1. The Morgan fingerprint density at radius 2 is 1.79 bits per heavy atom. The zero-order valence-corrected chi connectivity index (χ0v) is 11.4. The second-order valence-electron chi connectivity index (χ2n) is 4.46. The van der Waals surface area contributed by atoms with Crippen LogP contribution in [0.2, 0.25) is 0 Å². The monoisotopic (exact) mass is 262 g/mol. The lowest BCUT2D eigenvalue weighted by Crippen LogP contribution is -2.05. The summed E-state index contributed by atoms with van der Waals surface area (Å²) >= 11 is 0. The van der Waals surface area contributed by atoms with Gasteiger partial charge in [-0.3, -0.25) is 4.79 Å².